The van der Waals surface area contributed by atoms with Crippen LogP contribution in [-0.4, -0.2) is 41.7 Å². The first-order valence-corrected chi connectivity index (χ1v) is 8.26. The van der Waals surface area contributed by atoms with Crippen LogP contribution in [0.1, 0.15) is 24.1 Å². The molecule has 1 fully saturated rings. The van der Waals surface area contributed by atoms with Crippen LogP contribution < -0.4 is 5.32 Å². The summed E-state index contributed by atoms with van der Waals surface area (Å²) in [6.45, 7) is 1.42. The first-order chi connectivity index (χ1) is 9.69. The minimum atomic E-state index is 0.0676. The molecule has 1 saturated heterocycles. The summed E-state index contributed by atoms with van der Waals surface area (Å²) >= 11 is 7.17. The molecule has 2 rings (SSSR count). The van der Waals surface area contributed by atoms with Crippen LogP contribution in [0, 0.1) is 0 Å². The molecule has 0 aliphatic carbocycles. The van der Waals surface area contributed by atoms with Crippen molar-refractivity contribution in [3.05, 3.63) is 22.4 Å². The lowest BCUT2D eigenvalue weighted by atomic mass is 10.0. The predicted octanol–water partition coefficient (Wildman–Crippen LogP) is 2.03. The number of likely N-dealkylation sites (tertiary alicyclic amines) is 1. The summed E-state index contributed by atoms with van der Waals surface area (Å²) in [5.74, 6) is 0.553. The molecule has 4 nitrogen and oxygen atoms in total. The summed E-state index contributed by atoms with van der Waals surface area (Å²) in [7, 11) is 0. The fourth-order valence-corrected chi connectivity index (χ4v) is 3.23. The zero-order valence-electron chi connectivity index (χ0n) is 11.3. The molecule has 0 bridgehead atoms. The molecule has 110 valence electrons. The number of amides is 2. The van der Waals surface area contributed by atoms with Gasteiger partial charge in [-0.1, -0.05) is 6.07 Å². The Labute approximate surface area is 128 Å². The van der Waals surface area contributed by atoms with Gasteiger partial charge in [-0.15, -0.1) is 22.9 Å². The average Bonchev–Trinajstić information content (AvgIpc) is 2.92. The van der Waals surface area contributed by atoms with Crippen molar-refractivity contribution < 1.29 is 9.59 Å². The van der Waals surface area contributed by atoms with E-state index in [0.717, 1.165) is 17.7 Å². The quantitative estimate of drug-likeness (QED) is 0.845. The van der Waals surface area contributed by atoms with Gasteiger partial charge in [0.05, 0.1) is 6.42 Å². The fraction of sp³-hybridized carbons (Fsp3) is 0.571. The van der Waals surface area contributed by atoms with Crippen LogP contribution in [0.25, 0.3) is 0 Å². The third-order valence-corrected chi connectivity index (χ3v) is 4.50. The normalized spacial score (nSPS) is 16.1. The minimum Gasteiger partial charge on any atom is -0.353 e. The Morgan fingerprint density at radius 1 is 1.40 bits per heavy atom. The summed E-state index contributed by atoms with van der Waals surface area (Å²) in [6, 6.07) is 4.11. The maximum atomic E-state index is 11.9. The molecule has 2 amide bonds. The van der Waals surface area contributed by atoms with E-state index in [4.69, 9.17) is 11.6 Å². The molecule has 0 radical (unpaired) electrons. The molecule has 20 heavy (non-hydrogen) atoms. The van der Waals surface area contributed by atoms with Crippen molar-refractivity contribution in [1.29, 1.82) is 0 Å². The standard InChI is InChI=1S/C14H19ClN2O2S/c15-6-3-14(19)17-7-4-11(5-8-17)16-13(18)10-12-2-1-9-20-12/h1-2,9,11H,3-8,10H2,(H,16,18). The summed E-state index contributed by atoms with van der Waals surface area (Å²) in [4.78, 5) is 26.5. The van der Waals surface area contributed by atoms with Crippen LogP contribution >= 0.6 is 22.9 Å². The number of nitrogens with one attached hydrogen (secondary N) is 1. The number of thiophene rings is 1. The number of alkyl halides is 1. The number of nitrogens with zero attached hydrogens (tertiary/aromatic N) is 1. The van der Waals surface area contributed by atoms with E-state index in [0.29, 0.717) is 31.8 Å². The number of hydrogen-bond acceptors (Lipinski definition) is 3. The SMILES string of the molecule is O=C(Cc1cccs1)NC1CCN(C(=O)CCCl)CC1. The smallest absolute Gasteiger partial charge is 0.225 e. The van der Waals surface area contributed by atoms with Gasteiger partial charge in [0, 0.05) is 36.3 Å². The molecule has 0 saturated carbocycles. The van der Waals surface area contributed by atoms with Gasteiger partial charge < -0.3 is 10.2 Å². The van der Waals surface area contributed by atoms with Crippen LogP contribution in [-0.2, 0) is 16.0 Å². The van der Waals surface area contributed by atoms with E-state index in [-0.39, 0.29) is 17.9 Å². The topological polar surface area (TPSA) is 49.4 Å². The van der Waals surface area contributed by atoms with E-state index in [1.807, 2.05) is 22.4 Å². The zero-order valence-corrected chi connectivity index (χ0v) is 12.9. The van der Waals surface area contributed by atoms with Crippen LogP contribution in [0.5, 0.6) is 0 Å². The highest BCUT2D eigenvalue weighted by atomic mass is 35.5. The van der Waals surface area contributed by atoms with Crippen molar-refractivity contribution in [1.82, 2.24) is 10.2 Å². The maximum absolute atomic E-state index is 11.9. The molecular formula is C14H19ClN2O2S. The average molecular weight is 315 g/mol. The lowest BCUT2D eigenvalue weighted by Gasteiger charge is -2.32. The number of hydrogen-bond donors (Lipinski definition) is 1. The summed E-state index contributed by atoms with van der Waals surface area (Å²) in [6.07, 6.45) is 2.49. The molecule has 0 unspecified atom stereocenters. The molecule has 1 N–H and O–H groups in total. The van der Waals surface area contributed by atoms with E-state index in [1.54, 1.807) is 11.3 Å². The molecule has 2 heterocycles. The monoisotopic (exact) mass is 314 g/mol. The van der Waals surface area contributed by atoms with Gasteiger partial charge in [0.15, 0.2) is 0 Å². The van der Waals surface area contributed by atoms with Crippen molar-refractivity contribution in [3.63, 3.8) is 0 Å². The Kier molecular flexibility index (Phi) is 5.86. The molecule has 1 aromatic rings. The molecule has 0 spiro atoms. The van der Waals surface area contributed by atoms with Crippen LogP contribution in [0.2, 0.25) is 0 Å². The van der Waals surface area contributed by atoms with Crippen LogP contribution in [0.4, 0.5) is 0 Å². The highest BCUT2D eigenvalue weighted by Crippen LogP contribution is 2.13. The Bertz CT molecular complexity index is 442. The first kappa shape index (κ1) is 15.3. The molecule has 6 heteroatoms. The number of rotatable bonds is 5. The van der Waals surface area contributed by atoms with Crippen molar-refractivity contribution in [2.75, 3.05) is 19.0 Å². The van der Waals surface area contributed by atoms with Gasteiger partial charge in [-0.05, 0) is 24.3 Å². The maximum Gasteiger partial charge on any atom is 0.225 e. The summed E-state index contributed by atoms with van der Waals surface area (Å²) in [5, 5.41) is 5.03. The van der Waals surface area contributed by atoms with E-state index >= 15 is 0 Å². The van der Waals surface area contributed by atoms with Gasteiger partial charge in [0.2, 0.25) is 11.8 Å². The predicted molar refractivity (Wildman–Crippen MR) is 81.1 cm³/mol. The molecule has 1 aliphatic heterocycles. The van der Waals surface area contributed by atoms with E-state index in [1.165, 1.54) is 0 Å². The van der Waals surface area contributed by atoms with Gasteiger partial charge in [0.25, 0.3) is 0 Å². The lowest BCUT2D eigenvalue weighted by molar-refractivity contribution is -0.132. The van der Waals surface area contributed by atoms with Crippen molar-refractivity contribution in [3.8, 4) is 0 Å². The van der Waals surface area contributed by atoms with Gasteiger partial charge in [-0.3, -0.25) is 9.59 Å². The summed E-state index contributed by atoms with van der Waals surface area (Å²) < 4.78 is 0. The van der Waals surface area contributed by atoms with E-state index in [2.05, 4.69) is 5.32 Å². The van der Waals surface area contributed by atoms with Gasteiger partial charge in [-0.25, -0.2) is 0 Å². The third kappa shape index (κ3) is 4.49. The van der Waals surface area contributed by atoms with Gasteiger partial charge in [-0.2, -0.15) is 0 Å². The fourth-order valence-electron chi connectivity index (χ4n) is 2.36. The Morgan fingerprint density at radius 3 is 2.75 bits per heavy atom. The van der Waals surface area contributed by atoms with Gasteiger partial charge in [0.1, 0.15) is 0 Å². The molecule has 0 aromatic carbocycles. The summed E-state index contributed by atoms with van der Waals surface area (Å²) in [5.41, 5.74) is 0. The van der Waals surface area contributed by atoms with E-state index in [9.17, 15) is 9.59 Å². The number of piperidine rings is 1. The Morgan fingerprint density at radius 2 is 2.15 bits per heavy atom. The second kappa shape index (κ2) is 7.64. The minimum absolute atomic E-state index is 0.0676. The van der Waals surface area contributed by atoms with Crippen molar-refractivity contribution in [2.24, 2.45) is 0 Å². The molecule has 1 aliphatic rings. The largest absolute Gasteiger partial charge is 0.353 e. The number of carbonyl (C=O) groups is 2. The second-order valence-corrected chi connectivity index (χ2v) is 6.33. The molecular weight excluding hydrogens is 296 g/mol. The molecule has 1 aromatic heterocycles. The first-order valence-electron chi connectivity index (χ1n) is 6.84. The zero-order chi connectivity index (χ0) is 14.4. The third-order valence-electron chi connectivity index (χ3n) is 3.44. The number of halogens is 1. The highest BCUT2D eigenvalue weighted by Gasteiger charge is 2.23. The van der Waals surface area contributed by atoms with E-state index < -0.39 is 0 Å². The van der Waals surface area contributed by atoms with Crippen molar-refractivity contribution >= 4 is 34.8 Å². The van der Waals surface area contributed by atoms with Crippen LogP contribution in [0.15, 0.2) is 17.5 Å². The van der Waals surface area contributed by atoms with Crippen LogP contribution in [0.3, 0.4) is 0 Å². The highest BCUT2D eigenvalue weighted by molar-refractivity contribution is 7.10. The lowest BCUT2D eigenvalue weighted by Crippen LogP contribution is -2.46. The number of carbonyl (C=O) groups excluding carboxylic acids is 2. The van der Waals surface area contributed by atoms with Gasteiger partial charge >= 0.3 is 0 Å². The van der Waals surface area contributed by atoms with Crippen molar-refractivity contribution in [2.45, 2.75) is 31.7 Å². The second-order valence-electron chi connectivity index (χ2n) is 4.92. The Hall–Kier alpha value is -1.07. The molecule has 0 atom stereocenters. The Balaban J connectivity index is 1.71.